The molecule has 7 heteroatoms. The van der Waals surface area contributed by atoms with Crippen LogP contribution in [0.5, 0.6) is 0 Å². The monoisotopic (exact) mass is 310 g/mol. The van der Waals surface area contributed by atoms with Gasteiger partial charge >= 0.3 is 0 Å². The summed E-state index contributed by atoms with van der Waals surface area (Å²) in [6, 6.07) is 5.46. The van der Waals surface area contributed by atoms with Crippen LogP contribution in [-0.4, -0.2) is 19.9 Å². The number of para-hydroxylation sites is 1. The van der Waals surface area contributed by atoms with E-state index in [0.717, 1.165) is 12.3 Å². The second kappa shape index (κ2) is 5.38. The molecular weight excluding hydrogens is 292 g/mol. The SMILES string of the molecule is O=[N+]([O-])c1ccccc1S(=O)(=O)NC[C@@H]1C[C@@H]2CC[C@@H]1C2. The molecule has 2 fully saturated rings. The lowest BCUT2D eigenvalue weighted by atomic mass is 9.89. The highest BCUT2D eigenvalue weighted by molar-refractivity contribution is 7.89. The van der Waals surface area contributed by atoms with Gasteiger partial charge in [0.25, 0.3) is 5.69 Å². The molecule has 0 aliphatic heterocycles. The predicted octanol–water partition coefficient (Wildman–Crippen LogP) is 2.31. The summed E-state index contributed by atoms with van der Waals surface area (Å²) >= 11 is 0. The van der Waals surface area contributed by atoms with Gasteiger partial charge in [-0.2, -0.15) is 0 Å². The van der Waals surface area contributed by atoms with E-state index < -0.39 is 14.9 Å². The van der Waals surface area contributed by atoms with Gasteiger partial charge in [-0.25, -0.2) is 13.1 Å². The van der Waals surface area contributed by atoms with Crippen molar-refractivity contribution in [2.45, 2.75) is 30.6 Å². The van der Waals surface area contributed by atoms with Gasteiger partial charge in [0.05, 0.1) is 4.92 Å². The number of benzene rings is 1. The number of hydrogen-bond donors (Lipinski definition) is 1. The van der Waals surface area contributed by atoms with E-state index in [1.165, 1.54) is 43.5 Å². The first-order chi connectivity index (χ1) is 9.97. The molecule has 0 amide bonds. The quantitative estimate of drug-likeness (QED) is 0.667. The van der Waals surface area contributed by atoms with Gasteiger partial charge in [0.2, 0.25) is 10.0 Å². The van der Waals surface area contributed by atoms with Crippen LogP contribution < -0.4 is 4.72 Å². The van der Waals surface area contributed by atoms with Crippen molar-refractivity contribution in [1.29, 1.82) is 0 Å². The van der Waals surface area contributed by atoms with Gasteiger partial charge in [-0.15, -0.1) is 0 Å². The number of hydrogen-bond acceptors (Lipinski definition) is 4. The summed E-state index contributed by atoms with van der Waals surface area (Å²) in [5, 5.41) is 10.9. The van der Waals surface area contributed by atoms with Gasteiger partial charge in [-0.3, -0.25) is 10.1 Å². The van der Waals surface area contributed by atoms with Crippen molar-refractivity contribution < 1.29 is 13.3 Å². The number of fused-ring (bicyclic) bond motifs is 2. The fraction of sp³-hybridized carbons (Fsp3) is 0.571. The molecule has 6 nitrogen and oxygen atoms in total. The Morgan fingerprint density at radius 2 is 2.00 bits per heavy atom. The second-order valence-electron chi connectivity index (χ2n) is 6.01. The Morgan fingerprint density at radius 3 is 2.62 bits per heavy atom. The molecule has 3 rings (SSSR count). The minimum atomic E-state index is -3.83. The van der Waals surface area contributed by atoms with Crippen LogP contribution in [0.3, 0.4) is 0 Å². The normalized spacial score (nSPS) is 27.9. The predicted molar refractivity (Wildman–Crippen MR) is 77.2 cm³/mol. The molecular formula is C14H18N2O4S. The van der Waals surface area contributed by atoms with Crippen LogP contribution in [0.1, 0.15) is 25.7 Å². The highest BCUT2D eigenvalue weighted by Gasteiger charge is 2.39. The largest absolute Gasteiger partial charge is 0.289 e. The number of nitrogens with one attached hydrogen (secondary N) is 1. The van der Waals surface area contributed by atoms with Crippen LogP contribution in [0, 0.1) is 27.9 Å². The lowest BCUT2D eigenvalue weighted by Gasteiger charge is -2.21. The molecule has 0 heterocycles. The van der Waals surface area contributed by atoms with Crippen molar-refractivity contribution in [3.63, 3.8) is 0 Å². The topological polar surface area (TPSA) is 89.3 Å². The third-order valence-electron chi connectivity index (χ3n) is 4.77. The van der Waals surface area contributed by atoms with Gasteiger partial charge < -0.3 is 0 Å². The average Bonchev–Trinajstić information content (AvgIpc) is 3.08. The lowest BCUT2D eigenvalue weighted by Crippen LogP contribution is -2.32. The molecule has 0 radical (unpaired) electrons. The molecule has 21 heavy (non-hydrogen) atoms. The Labute approximate surface area is 123 Å². The molecule has 0 aromatic heterocycles. The van der Waals surface area contributed by atoms with E-state index in [1.807, 2.05) is 0 Å². The second-order valence-corrected chi connectivity index (χ2v) is 7.75. The maximum atomic E-state index is 12.3. The summed E-state index contributed by atoms with van der Waals surface area (Å²) in [4.78, 5) is 10.0. The molecule has 3 atom stereocenters. The van der Waals surface area contributed by atoms with E-state index in [0.29, 0.717) is 18.4 Å². The molecule has 2 aliphatic rings. The van der Waals surface area contributed by atoms with Crippen molar-refractivity contribution >= 4 is 15.7 Å². The van der Waals surface area contributed by atoms with Crippen LogP contribution in [0.15, 0.2) is 29.2 Å². The van der Waals surface area contributed by atoms with E-state index in [9.17, 15) is 18.5 Å². The fourth-order valence-electron chi connectivity index (χ4n) is 3.76. The molecule has 1 N–H and O–H groups in total. The van der Waals surface area contributed by atoms with E-state index in [4.69, 9.17) is 0 Å². The first kappa shape index (κ1) is 14.5. The molecule has 0 spiro atoms. The molecule has 2 aliphatic carbocycles. The van der Waals surface area contributed by atoms with Gasteiger partial charge in [0, 0.05) is 12.6 Å². The Kier molecular flexibility index (Phi) is 3.71. The van der Waals surface area contributed by atoms with Gasteiger partial charge in [-0.1, -0.05) is 18.6 Å². The number of sulfonamides is 1. The Hall–Kier alpha value is -1.47. The first-order valence-electron chi connectivity index (χ1n) is 7.20. The number of rotatable bonds is 5. The van der Waals surface area contributed by atoms with E-state index in [-0.39, 0.29) is 10.6 Å². The average molecular weight is 310 g/mol. The maximum absolute atomic E-state index is 12.3. The fourth-order valence-corrected chi connectivity index (χ4v) is 5.02. The van der Waals surface area contributed by atoms with Crippen LogP contribution in [0.4, 0.5) is 5.69 Å². The molecule has 2 saturated carbocycles. The molecule has 114 valence electrons. The van der Waals surface area contributed by atoms with Crippen molar-refractivity contribution in [2.75, 3.05) is 6.54 Å². The maximum Gasteiger partial charge on any atom is 0.289 e. The smallest absolute Gasteiger partial charge is 0.258 e. The van der Waals surface area contributed by atoms with E-state index in [2.05, 4.69) is 4.72 Å². The summed E-state index contributed by atoms with van der Waals surface area (Å²) in [7, 11) is -3.83. The summed E-state index contributed by atoms with van der Waals surface area (Å²) in [6.07, 6.45) is 4.72. The lowest BCUT2D eigenvalue weighted by molar-refractivity contribution is -0.387. The zero-order valence-electron chi connectivity index (χ0n) is 11.6. The highest BCUT2D eigenvalue weighted by Crippen LogP contribution is 2.48. The molecule has 0 unspecified atom stereocenters. The zero-order valence-corrected chi connectivity index (χ0v) is 12.4. The van der Waals surface area contributed by atoms with Crippen LogP contribution in [0.25, 0.3) is 0 Å². The van der Waals surface area contributed by atoms with Crippen LogP contribution >= 0.6 is 0 Å². The van der Waals surface area contributed by atoms with E-state index >= 15 is 0 Å². The molecule has 2 bridgehead atoms. The summed E-state index contributed by atoms with van der Waals surface area (Å²) < 4.78 is 27.2. The van der Waals surface area contributed by atoms with Gasteiger partial charge in [-0.05, 0) is 43.1 Å². The van der Waals surface area contributed by atoms with Crippen molar-refractivity contribution in [3.8, 4) is 0 Å². The molecule has 1 aromatic carbocycles. The van der Waals surface area contributed by atoms with Gasteiger partial charge in [0.1, 0.15) is 0 Å². The minimum Gasteiger partial charge on any atom is -0.258 e. The third-order valence-corrected chi connectivity index (χ3v) is 6.24. The number of nitro benzene ring substituents is 1. The van der Waals surface area contributed by atoms with Crippen molar-refractivity contribution in [2.24, 2.45) is 17.8 Å². The Balaban J connectivity index is 1.74. The standard InChI is InChI=1S/C14H18N2O4S/c17-16(18)13-3-1-2-4-14(13)21(19,20)15-9-12-8-10-5-6-11(12)7-10/h1-4,10-12,15H,5-9H2/t10-,11-,12+/m1/s1. The summed E-state index contributed by atoms with van der Waals surface area (Å²) in [5.41, 5.74) is -0.377. The van der Waals surface area contributed by atoms with E-state index in [1.54, 1.807) is 0 Å². The first-order valence-corrected chi connectivity index (χ1v) is 8.69. The Morgan fingerprint density at radius 1 is 1.24 bits per heavy atom. The number of nitrogens with zero attached hydrogens (tertiary/aromatic N) is 1. The highest BCUT2D eigenvalue weighted by atomic mass is 32.2. The Bertz CT molecular complexity index is 659. The summed E-state index contributed by atoms with van der Waals surface area (Å²) in [5.74, 6) is 1.74. The molecule has 0 saturated heterocycles. The van der Waals surface area contributed by atoms with Crippen LogP contribution in [-0.2, 0) is 10.0 Å². The van der Waals surface area contributed by atoms with Crippen molar-refractivity contribution in [3.05, 3.63) is 34.4 Å². The molecule has 1 aromatic rings. The minimum absolute atomic E-state index is 0.252. The summed E-state index contributed by atoms with van der Waals surface area (Å²) in [6.45, 7) is 0.384. The zero-order chi connectivity index (χ0) is 15.0. The van der Waals surface area contributed by atoms with Gasteiger partial charge in [0.15, 0.2) is 4.90 Å². The van der Waals surface area contributed by atoms with Crippen molar-refractivity contribution in [1.82, 2.24) is 4.72 Å². The number of nitro groups is 1. The van der Waals surface area contributed by atoms with Crippen LogP contribution in [0.2, 0.25) is 0 Å². The third kappa shape index (κ3) is 2.80.